The summed E-state index contributed by atoms with van der Waals surface area (Å²) < 4.78 is 40.5. The third-order valence-corrected chi connectivity index (χ3v) is 6.64. The maximum atomic E-state index is 12.6. The fourth-order valence-electron chi connectivity index (χ4n) is 2.84. The maximum absolute atomic E-state index is 12.6. The molecule has 4 nitrogen and oxygen atoms in total. The summed E-state index contributed by atoms with van der Waals surface area (Å²) in [5.74, 6) is 0.323. The molecule has 0 aromatic heterocycles. The zero-order valence-corrected chi connectivity index (χ0v) is 14.1. The van der Waals surface area contributed by atoms with E-state index in [4.69, 9.17) is 0 Å². The van der Waals surface area contributed by atoms with Gasteiger partial charge in [-0.1, -0.05) is 13.8 Å². The zero-order valence-electron chi connectivity index (χ0n) is 13.3. The van der Waals surface area contributed by atoms with E-state index < -0.39 is 17.4 Å². The number of carbonyl (C=O) groups excluding carboxylic acids is 1. The van der Waals surface area contributed by atoms with Crippen molar-refractivity contribution in [1.82, 2.24) is 4.90 Å². The van der Waals surface area contributed by atoms with Gasteiger partial charge in [-0.3, -0.25) is 9.00 Å². The van der Waals surface area contributed by atoms with E-state index in [1.807, 2.05) is 13.8 Å². The summed E-state index contributed by atoms with van der Waals surface area (Å²) in [4.78, 5) is 14.3. The summed E-state index contributed by atoms with van der Waals surface area (Å²) >= 11 is 0. The fraction of sp³-hybridized carbons (Fsp3) is 0.562. The van der Waals surface area contributed by atoms with Crippen molar-refractivity contribution in [3.63, 3.8) is 0 Å². The molecule has 0 aliphatic carbocycles. The highest BCUT2D eigenvalue weighted by Gasteiger charge is 2.40. The number of benzene rings is 1. The quantitative estimate of drug-likeness (QED) is 0.824. The molecule has 7 heteroatoms. The van der Waals surface area contributed by atoms with Gasteiger partial charge in [0, 0.05) is 35.2 Å². The molecule has 0 unspecified atom stereocenters. The van der Waals surface area contributed by atoms with Crippen LogP contribution < -0.4 is 4.74 Å². The van der Waals surface area contributed by atoms with Crippen LogP contribution in [0.3, 0.4) is 0 Å². The van der Waals surface area contributed by atoms with E-state index >= 15 is 0 Å². The van der Waals surface area contributed by atoms with Gasteiger partial charge in [0.1, 0.15) is 5.75 Å². The van der Waals surface area contributed by atoms with Crippen molar-refractivity contribution in [2.24, 2.45) is 0 Å². The number of amides is 1. The van der Waals surface area contributed by atoms with E-state index in [1.54, 1.807) is 4.90 Å². The van der Waals surface area contributed by atoms with Crippen LogP contribution in [0.5, 0.6) is 5.75 Å². The van der Waals surface area contributed by atoms with Crippen LogP contribution in [0.2, 0.25) is 0 Å². The minimum Gasteiger partial charge on any atom is -0.435 e. The summed E-state index contributed by atoms with van der Waals surface area (Å²) in [7, 11) is -0.938. The lowest BCUT2D eigenvalue weighted by Gasteiger charge is -2.41. The van der Waals surface area contributed by atoms with Crippen molar-refractivity contribution in [2.75, 3.05) is 18.8 Å². The van der Waals surface area contributed by atoms with Crippen molar-refractivity contribution in [3.8, 4) is 5.75 Å². The van der Waals surface area contributed by atoms with Crippen LogP contribution in [0, 0.1) is 0 Å². The first-order valence-corrected chi connectivity index (χ1v) is 8.96. The normalized spacial score (nSPS) is 20.6. The van der Waals surface area contributed by atoms with Gasteiger partial charge in [0.25, 0.3) is 5.91 Å². The summed E-state index contributed by atoms with van der Waals surface area (Å²) in [5.41, 5.74) is 0.417. The zero-order chi connectivity index (χ0) is 17.0. The molecule has 0 N–H and O–H groups in total. The molecule has 1 fully saturated rings. The van der Waals surface area contributed by atoms with E-state index in [1.165, 1.54) is 24.3 Å². The largest absolute Gasteiger partial charge is 0.435 e. The lowest BCUT2D eigenvalue weighted by atomic mass is 10.0. The summed E-state index contributed by atoms with van der Waals surface area (Å²) in [6.45, 7) is 2.00. The third-order valence-electron chi connectivity index (χ3n) is 4.41. The Kier molecular flexibility index (Phi) is 5.73. The summed E-state index contributed by atoms with van der Waals surface area (Å²) in [6, 6.07) is 5.67. The van der Waals surface area contributed by atoms with Crippen molar-refractivity contribution >= 4 is 16.7 Å². The lowest BCUT2D eigenvalue weighted by molar-refractivity contribution is -0.0498. The predicted octanol–water partition coefficient (Wildman–Crippen LogP) is 3.05. The van der Waals surface area contributed by atoms with Crippen molar-refractivity contribution in [2.45, 2.75) is 38.0 Å². The van der Waals surface area contributed by atoms with Gasteiger partial charge in [0.05, 0.1) is 4.75 Å². The number of nitrogens with zero attached hydrogens (tertiary/aromatic N) is 1. The van der Waals surface area contributed by atoms with Crippen LogP contribution in [0.4, 0.5) is 8.78 Å². The Balaban J connectivity index is 2.12. The second-order valence-corrected chi connectivity index (χ2v) is 7.53. The van der Waals surface area contributed by atoms with E-state index in [-0.39, 0.29) is 16.4 Å². The average Bonchev–Trinajstić information content (AvgIpc) is 2.55. The van der Waals surface area contributed by atoms with E-state index in [9.17, 15) is 17.8 Å². The molecular weight excluding hydrogens is 324 g/mol. The average molecular weight is 345 g/mol. The lowest BCUT2D eigenvalue weighted by Crippen LogP contribution is -2.54. The van der Waals surface area contributed by atoms with Crippen LogP contribution in [-0.2, 0) is 10.8 Å². The minimum atomic E-state index is -2.89. The van der Waals surface area contributed by atoms with Gasteiger partial charge in [0.15, 0.2) is 0 Å². The molecular formula is C16H21F2NO3S. The Morgan fingerprint density at radius 1 is 1.30 bits per heavy atom. The number of carbonyl (C=O) groups is 1. The monoisotopic (exact) mass is 345 g/mol. The topological polar surface area (TPSA) is 46.6 Å². The molecule has 1 saturated heterocycles. The Bertz CT molecular complexity index is 573. The number of rotatable bonds is 5. The molecule has 0 spiro atoms. The number of hydrogen-bond acceptors (Lipinski definition) is 3. The number of alkyl halides is 2. The van der Waals surface area contributed by atoms with Crippen molar-refractivity contribution in [3.05, 3.63) is 29.8 Å². The Hall–Kier alpha value is -1.50. The van der Waals surface area contributed by atoms with Crippen molar-refractivity contribution in [1.29, 1.82) is 0 Å². The van der Waals surface area contributed by atoms with Gasteiger partial charge in [-0.05, 0) is 37.1 Å². The second-order valence-electron chi connectivity index (χ2n) is 5.57. The van der Waals surface area contributed by atoms with Crippen LogP contribution in [0.1, 0.15) is 37.0 Å². The standard InChI is InChI=1S/C16H21F2NO3S/c1-3-16(4-2)11-19(9-10-23(16)21)14(20)12-5-7-13(8-6-12)22-15(17)18/h5-8,15H,3-4,9-11H2,1-2H3/t23-/m0/s1. The number of ether oxygens (including phenoxy) is 1. The van der Waals surface area contributed by atoms with Gasteiger partial charge in [-0.25, -0.2) is 0 Å². The van der Waals surface area contributed by atoms with Gasteiger partial charge in [0.2, 0.25) is 0 Å². The molecule has 2 rings (SSSR count). The van der Waals surface area contributed by atoms with Gasteiger partial charge in [-0.15, -0.1) is 0 Å². The van der Waals surface area contributed by atoms with E-state index in [0.29, 0.717) is 24.4 Å². The SMILES string of the molecule is CCC1(CC)CN(C(=O)c2ccc(OC(F)F)cc2)CC[S@@]1=O. The maximum Gasteiger partial charge on any atom is 0.387 e. The number of halogens is 2. The third kappa shape index (κ3) is 3.88. The molecule has 1 aromatic rings. The molecule has 1 heterocycles. The van der Waals surface area contributed by atoms with E-state index in [0.717, 1.165) is 12.8 Å². The molecule has 23 heavy (non-hydrogen) atoms. The molecule has 1 aromatic carbocycles. The molecule has 128 valence electrons. The van der Waals surface area contributed by atoms with E-state index in [2.05, 4.69) is 4.74 Å². The van der Waals surface area contributed by atoms with Crippen LogP contribution in [0.25, 0.3) is 0 Å². The second kappa shape index (κ2) is 7.38. The first-order chi connectivity index (χ1) is 10.9. The number of hydrogen-bond donors (Lipinski definition) is 0. The molecule has 1 atom stereocenters. The Morgan fingerprint density at radius 3 is 2.43 bits per heavy atom. The first-order valence-electron chi connectivity index (χ1n) is 7.64. The highest BCUT2D eigenvalue weighted by molar-refractivity contribution is 7.86. The molecule has 0 radical (unpaired) electrons. The Labute approximate surface area is 137 Å². The van der Waals surface area contributed by atoms with Crippen LogP contribution in [-0.4, -0.2) is 45.2 Å². The van der Waals surface area contributed by atoms with Crippen LogP contribution >= 0.6 is 0 Å². The molecule has 1 aliphatic rings. The predicted molar refractivity (Wildman–Crippen MR) is 85.3 cm³/mol. The van der Waals surface area contributed by atoms with Crippen molar-refractivity contribution < 1.29 is 22.5 Å². The minimum absolute atomic E-state index is 0.0211. The molecule has 1 amide bonds. The molecule has 1 aliphatic heterocycles. The first kappa shape index (κ1) is 17.8. The molecule has 0 bridgehead atoms. The summed E-state index contributed by atoms with van der Waals surface area (Å²) in [6.07, 6.45) is 1.50. The van der Waals surface area contributed by atoms with Gasteiger partial charge >= 0.3 is 6.61 Å². The fourth-order valence-corrected chi connectivity index (χ4v) is 4.60. The van der Waals surface area contributed by atoms with Crippen LogP contribution in [0.15, 0.2) is 24.3 Å². The Morgan fingerprint density at radius 2 is 1.91 bits per heavy atom. The summed E-state index contributed by atoms with van der Waals surface area (Å²) in [5, 5.41) is 0. The van der Waals surface area contributed by atoms with Gasteiger partial charge in [-0.2, -0.15) is 8.78 Å². The highest BCUT2D eigenvalue weighted by Crippen LogP contribution is 2.29. The molecule has 0 saturated carbocycles. The smallest absolute Gasteiger partial charge is 0.387 e. The van der Waals surface area contributed by atoms with Gasteiger partial charge < -0.3 is 9.64 Å². The highest BCUT2D eigenvalue weighted by atomic mass is 32.2.